The van der Waals surface area contributed by atoms with Crippen LogP contribution in [0.3, 0.4) is 0 Å². The number of ether oxygens (including phenoxy) is 1. The second-order valence-corrected chi connectivity index (χ2v) is 12.2. The Balaban J connectivity index is 1.47. The number of fused-ring (bicyclic) bond motifs is 1. The summed E-state index contributed by atoms with van der Waals surface area (Å²) in [5, 5.41) is 12.4. The maximum Gasteiger partial charge on any atom is 0.315 e. The van der Waals surface area contributed by atoms with E-state index in [1.807, 2.05) is 24.3 Å². The molecule has 1 fully saturated rings. The predicted octanol–water partition coefficient (Wildman–Crippen LogP) is 6.03. The molecule has 0 spiro atoms. The number of aryl methyl sites for hydroxylation is 1. The molecule has 1 aliphatic rings. The minimum atomic E-state index is -0.561. The summed E-state index contributed by atoms with van der Waals surface area (Å²) >= 11 is 11.5. The molecule has 1 aromatic carbocycles. The molecule has 1 saturated carbocycles. The molecule has 3 rings (SSSR count). The van der Waals surface area contributed by atoms with E-state index in [1.165, 1.54) is 11.8 Å². The van der Waals surface area contributed by atoms with Crippen LogP contribution in [0.15, 0.2) is 36.4 Å². The van der Waals surface area contributed by atoms with E-state index >= 15 is 0 Å². The van der Waals surface area contributed by atoms with Crippen LogP contribution in [0.25, 0.3) is 10.1 Å². The first-order valence-corrected chi connectivity index (χ1v) is 14.6. The number of halogens is 1. The number of benzene rings is 1. The van der Waals surface area contributed by atoms with Crippen LogP contribution in [-0.2, 0) is 20.7 Å². The number of thioether (sulfide) groups is 2. The van der Waals surface area contributed by atoms with E-state index in [0.29, 0.717) is 24.4 Å². The average Bonchev–Trinajstić information content (AvgIpc) is 3.27. The van der Waals surface area contributed by atoms with Crippen molar-refractivity contribution in [3.63, 3.8) is 0 Å². The van der Waals surface area contributed by atoms with Crippen molar-refractivity contribution in [3.05, 3.63) is 46.3 Å². The highest BCUT2D eigenvalue weighted by Crippen LogP contribution is 2.39. The van der Waals surface area contributed by atoms with Crippen LogP contribution in [0, 0.1) is 11.8 Å². The highest BCUT2D eigenvalue weighted by Gasteiger charge is 2.38. The van der Waals surface area contributed by atoms with Gasteiger partial charge in [0.25, 0.3) is 0 Å². The number of ketones is 1. The Morgan fingerprint density at radius 3 is 2.91 bits per heavy atom. The van der Waals surface area contributed by atoms with Crippen LogP contribution < -0.4 is 0 Å². The van der Waals surface area contributed by atoms with E-state index < -0.39 is 6.10 Å². The molecule has 3 unspecified atom stereocenters. The summed E-state index contributed by atoms with van der Waals surface area (Å²) in [7, 11) is 1.40. The maximum absolute atomic E-state index is 12.5. The number of thiophene rings is 1. The Labute approximate surface area is 213 Å². The molecular weight excluding hydrogens is 496 g/mol. The van der Waals surface area contributed by atoms with Crippen molar-refractivity contribution < 1.29 is 19.4 Å². The van der Waals surface area contributed by atoms with Gasteiger partial charge in [0.05, 0.1) is 29.2 Å². The monoisotopic (exact) mass is 526 g/mol. The van der Waals surface area contributed by atoms with Gasteiger partial charge in [-0.2, -0.15) is 11.8 Å². The quantitative estimate of drug-likeness (QED) is 0.207. The molecule has 4 atom stereocenters. The number of aliphatic hydroxyl groups is 1. The summed E-state index contributed by atoms with van der Waals surface area (Å²) in [4.78, 5) is 24.8. The van der Waals surface area contributed by atoms with Crippen LogP contribution >= 0.6 is 46.5 Å². The normalized spacial score (nSPS) is 21.8. The van der Waals surface area contributed by atoms with Gasteiger partial charge in [-0.3, -0.25) is 9.59 Å². The van der Waals surface area contributed by atoms with Crippen molar-refractivity contribution in [2.75, 3.05) is 24.4 Å². The summed E-state index contributed by atoms with van der Waals surface area (Å²) in [5.74, 6) is 2.65. The lowest BCUT2D eigenvalue weighted by atomic mass is 9.96. The van der Waals surface area contributed by atoms with E-state index in [-0.39, 0.29) is 23.1 Å². The third kappa shape index (κ3) is 7.49. The molecule has 33 heavy (non-hydrogen) atoms. The summed E-state index contributed by atoms with van der Waals surface area (Å²) in [5.41, 5.74) is 0. The van der Waals surface area contributed by atoms with E-state index in [9.17, 15) is 14.7 Å². The molecule has 0 aliphatic heterocycles. The fourth-order valence-corrected chi connectivity index (χ4v) is 7.95. The van der Waals surface area contributed by atoms with E-state index in [1.54, 1.807) is 34.9 Å². The van der Waals surface area contributed by atoms with Crippen molar-refractivity contribution in [2.45, 2.75) is 44.0 Å². The fraction of sp³-hybridized carbons (Fsp3) is 0.520. The second-order valence-electron chi connectivity index (χ2n) is 8.33. The Hall–Kier alpha value is -0.990. The van der Waals surface area contributed by atoms with Gasteiger partial charge < -0.3 is 9.84 Å². The second kappa shape index (κ2) is 13.2. The minimum absolute atomic E-state index is 0.0499. The lowest BCUT2D eigenvalue weighted by molar-refractivity contribution is -0.137. The Bertz CT molecular complexity index is 974. The molecular formula is C25H31ClO4S3. The lowest BCUT2D eigenvalue weighted by Crippen LogP contribution is -2.19. The molecule has 0 bridgehead atoms. The van der Waals surface area contributed by atoms with Crippen LogP contribution in [0.5, 0.6) is 0 Å². The lowest BCUT2D eigenvalue weighted by Gasteiger charge is -2.18. The molecule has 1 heterocycles. The number of carbonyl (C=O) groups is 2. The standard InChI is InChI=1S/C25H31ClO4S3/c1-16-14-20(28)25(32-13-5-12-31-15-23(29)30-2)18(16)10-8-17(27)9-11-22-24(26)19-6-3-4-7-21(19)33-22/h3-4,6-8,10,16-18,25,27H,5,9,11-15H2,1-2H3/t16-,17?,18?,25?/m1/s1. The van der Waals surface area contributed by atoms with Crippen LogP contribution in [0.2, 0.25) is 5.02 Å². The number of hydrogen-bond acceptors (Lipinski definition) is 7. The topological polar surface area (TPSA) is 63.6 Å². The number of Topliss-reactive ketones (excluding diaryl/α,β-unsaturated/α-hetero) is 1. The number of methoxy groups -OCH3 is 1. The molecule has 4 nitrogen and oxygen atoms in total. The zero-order chi connectivity index (χ0) is 23.8. The van der Waals surface area contributed by atoms with Crippen molar-refractivity contribution in [2.24, 2.45) is 11.8 Å². The van der Waals surface area contributed by atoms with Gasteiger partial charge in [-0.25, -0.2) is 0 Å². The molecule has 1 aliphatic carbocycles. The summed E-state index contributed by atoms with van der Waals surface area (Å²) < 4.78 is 5.81. The smallest absolute Gasteiger partial charge is 0.315 e. The number of esters is 1. The zero-order valence-corrected chi connectivity index (χ0v) is 22.2. The van der Waals surface area contributed by atoms with E-state index in [0.717, 1.165) is 39.6 Å². The van der Waals surface area contributed by atoms with Crippen molar-refractivity contribution in [1.29, 1.82) is 0 Å². The first-order chi connectivity index (χ1) is 15.9. The largest absolute Gasteiger partial charge is 0.468 e. The first-order valence-electron chi connectivity index (χ1n) is 11.2. The summed E-state index contributed by atoms with van der Waals surface area (Å²) in [6.45, 7) is 2.11. The molecule has 0 saturated heterocycles. The molecule has 180 valence electrons. The van der Waals surface area contributed by atoms with Gasteiger partial charge in [-0.05, 0) is 48.7 Å². The molecule has 0 radical (unpaired) electrons. The van der Waals surface area contributed by atoms with E-state index in [2.05, 4.69) is 23.8 Å². The van der Waals surface area contributed by atoms with Gasteiger partial charge in [0.15, 0.2) is 0 Å². The van der Waals surface area contributed by atoms with Crippen molar-refractivity contribution in [1.82, 2.24) is 0 Å². The van der Waals surface area contributed by atoms with Gasteiger partial charge in [0.1, 0.15) is 5.78 Å². The molecule has 2 aromatic rings. The molecule has 8 heteroatoms. The van der Waals surface area contributed by atoms with Gasteiger partial charge in [-0.15, -0.1) is 23.1 Å². The highest BCUT2D eigenvalue weighted by atomic mass is 35.5. The Morgan fingerprint density at radius 1 is 1.36 bits per heavy atom. The van der Waals surface area contributed by atoms with Crippen LogP contribution in [0.1, 0.15) is 31.1 Å². The van der Waals surface area contributed by atoms with Crippen LogP contribution in [-0.4, -0.2) is 52.6 Å². The van der Waals surface area contributed by atoms with Gasteiger partial charge in [0, 0.05) is 21.4 Å². The van der Waals surface area contributed by atoms with Crippen LogP contribution in [0.4, 0.5) is 0 Å². The Morgan fingerprint density at radius 2 is 2.15 bits per heavy atom. The number of rotatable bonds is 12. The third-order valence-electron chi connectivity index (χ3n) is 5.85. The van der Waals surface area contributed by atoms with Gasteiger partial charge in [0.2, 0.25) is 0 Å². The molecule has 1 N–H and O–H groups in total. The van der Waals surface area contributed by atoms with E-state index in [4.69, 9.17) is 11.6 Å². The number of carbonyl (C=O) groups excluding carboxylic acids is 2. The number of allylic oxidation sites excluding steroid dienone is 1. The van der Waals surface area contributed by atoms with Crippen molar-refractivity contribution >= 4 is 68.3 Å². The summed E-state index contributed by atoms with van der Waals surface area (Å²) in [6.07, 6.45) is 6.22. The predicted molar refractivity (Wildman–Crippen MR) is 143 cm³/mol. The fourth-order valence-electron chi connectivity index (χ4n) is 4.02. The maximum atomic E-state index is 12.5. The number of aliphatic hydroxyl groups excluding tert-OH is 1. The third-order valence-corrected chi connectivity index (χ3v) is 10.1. The SMILES string of the molecule is COC(=O)CSCCCSC1C(=O)C[C@@H](C)C1C=CC(O)CCc1sc2ccccc2c1Cl. The minimum Gasteiger partial charge on any atom is -0.468 e. The van der Waals surface area contributed by atoms with Gasteiger partial charge in [-0.1, -0.05) is 48.9 Å². The first kappa shape index (κ1) is 26.6. The molecule has 1 aromatic heterocycles. The summed E-state index contributed by atoms with van der Waals surface area (Å²) in [6, 6.07) is 8.10. The average molecular weight is 527 g/mol. The van der Waals surface area contributed by atoms with Crippen molar-refractivity contribution in [3.8, 4) is 0 Å². The Kier molecular flexibility index (Phi) is 10.6. The number of hydrogen-bond donors (Lipinski definition) is 1. The molecule has 0 amide bonds. The highest BCUT2D eigenvalue weighted by molar-refractivity contribution is 8.01. The van der Waals surface area contributed by atoms with Gasteiger partial charge >= 0.3 is 5.97 Å². The zero-order valence-electron chi connectivity index (χ0n) is 19.0.